The minimum Gasteiger partial charge on any atom is -0.436 e. The Morgan fingerprint density at radius 1 is 1.28 bits per heavy atom. The van der Waals surface area contributed by atoms with E-state index in [1.807, 2.05) is 42.5 Å². The quantitative estimate of drug-likeness (QED) is 0.338. The molecule has 2 atom stereocenters. The van der Waals surface area contributed by atoms with Gasteiger partial charge in [-0.3, -0.25) is 9.59 Å². The number of hydrazine groups is 1. The Labute approximate surface area is 185 Å². The van der Waals surface area contributed by atoms with Crippen LogP contribution in [0.4, 0.5) is 0 Å². The number of nitrogens with zero attached hydrogens (tertiary/aromatic N) is 3. The van der Waals surface area contributed by atoms with Crippen molar-refractivity contribution in [1.29, 1.82) is 0 Å². The van der Waals surface area contributed by atoms with Gasteiger partial charge < -0.3 is 20.6 Å². The number of carbonyl (C=O) groups is 2. The van der Waals surface area contributed by atoms with Crippen molar-refractivity contribution in [2.24, 2.45) is 5.73 Å². The van der Waals surface area contributed by atoms with Crippen molar-refractivity contribution in [3.05, 3.63) is 66.1 Å². The second kappa shape index (κ2) is 9.47. The number of oxazole rings is 1. The van der Waals surface area contributed by atoms with Gasteiger partial charge in [-0.05, 0) is 30.5 Å². The first-order chi connectivity index (χ1) is 15.5. The van der Waals surface area contributed by atoms with E-state index >= 15 is 0 Å². The number of hydrogen-bond acceptors (Lipinski definition) is 7. The Hall–Kier alpha value is -3.27. The van der Waals surface area contributed by atoms with Gasteiger partial charge in [-0.15, -0.1) is 0 Å². The molecule has 0 bridgehead atoms. The van der Waals surface area contributed by atoms with Crippen LogP contribution in [0, 0.1) is 0 Å². The molecule has 9 heteroatoms. The summed E-state index contributed by atoms with van der Waals surface area (Å²) in [5.74, 6) is -0.205. The maximum atomic E-state index is 12.3. The van der Waals surface area contributed by atoms with Gasteiger partial charge in [0, 0.05) is 25.6 Å². The van der Waals surface area contributed by atoms with E-state index in [0.29, 0.717) is 43.4 Å². The van der Waals surface area contributed by atoms with Gasteiger partial charge in [0.05, 0.1) is 6.54 Å². The van der Waals surface area contributed by atoms with Crippen LogP contribution >= 0.6 is 0 Å². The largest absolute Gasteiger partial charge is 0.436 e. The fourth-order valence-corrected chi connectivity index (χ4v) is 4.06. The van der Waals surface area contributed by atoms with E-state index in [1.54, 1.807) is 17.1 Å². The average molecular weight is 438 g/mol. The third-order valence-electron chi connectivity index (χ3n) is 5.74. The van der Waals surface area contributed by atoms with Crippen LogP contribution in [0.2, 0.25) is 0 Å². The molecular weight excluding hydrogens is 410 g/mol. The number of amides is 2. The fourth-order valence-electron chi connectivity index (χ4n) is 4.06. The molecule has 4 N–H and O–H groups in total. The number of hydrogen-bond donors (Lipinski definition) is 3. The predicted octanol–water partition coefficient (Wildman–Crippen LogP) is 1.13. The number of aromatic nitrogens is 1. The van der Waals surface area contributed by atoms with Crippen LogP contribution in [-0.2, 0) is 21.7 Å². The number of aryl methyl sites for hydroxylation is 1. The van der Waals surface area contributed by atoms with E-state index in [0.717, 1.165) is 5.56 Å². The molecule has 1 aliphatic heterocycles. The van der Waals surface area contributed by atoms with E-state index < -0.39 is 5.72 Å². The highest BCUT2D eigenvalue weighted by molar-refractivity contribution is 5.78. The molecule has 1 aromatic heterocycles. The Kier molecular flexibility index (Phi) is 6.50. The molecule has 2 amide bonds. The molecule has 2 heterocycles. The molecule has 3 aromatic rings. The molecule has 9 nitrogen and oxygen atoms in total. The van der Waals surface area contributed by atoms with Crippen LogP contribution in [0.15, 0.2) is 59.0 Å². The fraction of sp³-hybridized carbons (Fsp3) is 0.348. The van der Waals surface area contributed by atoms with Gasteiger partial charge in [-0.25, -0.2) is 15.0 Å². The maximum Gasteiger partial charge on any atom is 0.250 e. The lowest BCUT2D eigenvalue weighted by Gasteiger charge is -2.40. The summed E-state index contributed by atoms with van der Waals surface area (Å²) in [6, 6.07) is 16.8. The third kappa shape index (κ3) is 4.50. The minimum atomic E-state index is -1.80. The number of aliphatic hydroxyl groups is 1. The lowest BCUT2D eigenvalue weighted by molar-refractivity contribution is -0.216. The van der Waals surface area contributed by atoms with Crippen molar-refractivity contribution in [2.45, 2.75) is 31.0 Å². The number of nitrogens with two attached hydrogens (primary N) is 1. The van der Waals surface area contributed by atoms with Crippen molar-refractivity contribution in [2.75, 3.05) is 19.6 Å². The molecule has 168 valence electrons. The summed E-state index contributed by atoms with van der Waals surface area (Å²) < 4.78 is 5.90. The Morgan fingerprint density at radius 2 is 2.03 bits per heavy atom. The average Bonchev–Trinajstić information content (AvgIpc) is 3.46. The molecule has 1 aliphatic rings. The highest BCUT2D eigenvalue weighted by Crippen LogP contribution is 2.34. The summed E-state index contributed by atoms with van der Waals surface area (Å²) in [5.41, 5.74) is 5.74. The van der Waals surface area contributed by atoms with E-state index in [2.05, 4.69) is 10.3 Å². The summed E-state index contributed by atoms with van der Waals surface area (Å²) in [6.07, 6.45) is 1.89. The molecule has 0 radical (unpaired) electrons. The molecule has 32 heavy (non-hydrogen) atoms. The number of fused-ring (bicyclic) bond motifs is 1. The number of rotatable bonds is 9. The first kappa shape index (κ1) is 21.9. The molecule has 0 saturated carbocycles. The first-order valence-corrected chi connectivity index (χ1v) is 10.6. The molecule has 2 aromatic carbocycles. The SMILES string of the molecule is NCC(=O)N[C@@H]1CCN(N(C=O)C(O)(CCc2ccccc2)c2nc3ccccc3o2)C1. The number of para-hydroxylation sites is 2. The van der Waals surface area contributed by atoms with Crippen LogP contribution in [-0.4, -0.2) is 58.1 Å². The molecular formula is C23H27N5O4. The zero-order valence-corrected chi connectivity index (χ0v) is 17.7. The van der Waals surface area contributed by atoms with Crippen LogP contribution in [0.3, 0.4) is 0 Å². The summed E-state index contributed by atoms with van der Waals surface area (Å²) in [5, 5.41) is 17.7. The number of carbonyl (C=O) groups excluding carboxylic acids is 2. The summed E-state index contributed by atoms with van der Waals surface area (Å²) in [4.78, 5) is 28.4. The van der Waals surface area contributed by atoms with Crippen LogP contribution in [0.5, 0.6) is 0 Å². The van der Waals surface area contributed by atoms with Crippen molar-refractivity contribution < 1.29 is 19.1 Å². The normalized spacial score (nSPS) is 18.4. The van der Waals surface area contributed by atoms with Gasteiger partial charge in [-0.1, -0.05) is 42.5 Å². The van der Waals surface area contributed by atoms with Gasteiger partial charge >= 0.3 is 0 Å². The number of benzene rings is 2. The minimum absolute atomic E-state index is 0.0520. The second-order valence-corrected chi connectivity index (χ2v) is 7.91. The maximum absolute atomic E-state index is 12.3. The van der Waals surface area contributed by atoms with Crippen LogP contribution in [0.25, 0.3) is 11.1 Å². The molecule has 0 aliphatic carbocycles. The van der Waals surface area contributed by atoms with Crippen LogP contribution in [0.1, 0.15) is 24.3 Å². The Bertz CT molecular complexity index is 1040. The Balaban J connectivity index is 1.64. The van der Waals surface area contributed by atoms with E-state index in [9.17, 15) is 14.7 Å². The monoisotopic (exact) mass is 437 g/mol. The Morgan fingerprint density at radius 3 is 2.75 bits per heavy atom. The highest BCUT2D eigenvalue weighted by Gasteiger charge is 2.45. The summed E-state index contributed by atoms with van der Waals surface area (Å²) >= 11 is 0. The number of nitrogens with one attached hydrogen (secondary N) is 1. The standard InChI is InChI=1S/C23H27N5O4/c24-14-21(30)25-18-11-13-27(15-18)28(16-29)23(31,12-10-17-6-2-1-3-7-17)22-26-19-8-4-5-9-20(19)32-22/h1-9,16,18,31H,10-15,24H2,(H,25,30)/t18-,23?/m1/s1. The second-order valence-electron chi connectivity index (χ2n) is 7.91. The lowest BCUT2D eigenvalue weighted by Crippen LogP contribution is -2.55. The predicted molar refractivity (Wildman–Crippen MR) is 118 cm³/mol. The van der Waals surface area contributed by atoms with Crippen molar-refractivity contribution in [3.8, 4) is 0 Å². The molecule has 1 unspecified atom stereocenters. The lowest BCUT2D eigenvalue weighted by atomic mass is 10.0. The topological polar surface area (TPSA) is 125 Å². The third-order valence-corrected chi connectivity index (χ3v) is 5.74. The van der Waals surface area contributed by atoms with Crippen molar-refractivity contribution in [3.63, 3.8) is 0 Å². The van der Waals surface area contributed by atoms with Crippen molar-refractivity contribution in [1.82, 2.24) is 20.3 Å². The smallest absolute Gasteiger partial charge is 0.250 e. The van der Waals surface area contributed by atoms with Crippen LogP contribution < -0.4 is 11.1 Å². The molecule has 1 fully saturated rings. The molecule has 4 rings (SSSR count). The van der Waals surface area contributed by atoms with Gasteiger partial charge in [0.1, 0.15) is 5.52 Å². The first-order valence-electron chi connectivity index (χ1n) is 10.6. The van der Waals surface area contributed by atoms with E-state index in [4.69, 9.17) is 10.2 Å². The van der Waals surface area contributed by atoms with E-state index in [1.165, 1.54) is 5.01 Å². The molecule has 1 saturated heterocycles. The van der Waals surface area contributed by atoms with Crippen molar-refractivity contribution >= 4 is 23.4 Å². The van der Waals surface area contributed by atoms with Gasteiger partial charge in [0.2, 0.25) is 18.0 Å². The van der Waals surface area contributed by atoms with E-state index in [-0.39, 0.29) is 30.8 Å². The van der Waals surface area contributed by atoms with Gasteiger partial charge in [-0.2, -0.15) is 0 Å². The van der Waals surface area contributed by atoms with Gasteiger partial charge in [0.25, 0.3) is 5.89 Å². The van der Waals surface area contributed by atoms with Gasteiger partial charge in [0.15, 0.2) is 5.58 Å². The summed E-state index contributed by atoms with van der Waals surface area (Å²) in [6.45, 7) is 0.734. The molecule has 0 spiro atoms. The summed E-state index contributed by atoms with van der Waals surface area (Å²) in [7, 11) is 0. The zero-order valence-electron chi connectivity index (χ0n) is 17.7. The highest BCUT2D eigenvalue weighted by atomic mass is 16.4. The zero-order chi connectivity index (χ0) is 22.6.